The van der Waals surface area contributed by atoms with Crippen LogP contribution < -0.4 is 10.2 Å². The number of benzene rings is 1. The van der Waals surface area contributed by atoms with E-state index < -0.39 is 0 Å². The van der Waals surface area contributed by atoms with Gasteiger partial charge in [0.15, 0.2) is 0 Å². The van der Waals surface area contributed by atoms with Crippen LogP contribution in [0.5, 0.6) is 0 Å². The Bertz CT molecular complexity index is 469. The van der Waals surface area contributed by atoms with Gasteiger partial charge in [0, 0.05) is 50.5 Å². The minimum atomic E-state index is 0.143. The molecular weight excluding hydrogens is 262 g/mol. The Kier molecular flexibility index (Phi) is 4.48. The summed E-state index contributed by atoms with van der Waals surface area (Å²) in [4.78, 5) is 5.06. The van der Waals surface area contributed by atoms with Crippen molar-refractivity contribution in [1.29, 1.82) is 0 Å². The van der Waals surface area contributed by atoms with Crippen molar-refractivity contribution in [3.63, 3.8) is 0 Å². The molecule has 2 aliphatic rings. The summed E-state index contributed by atoms with van der Waals surface area (Å²) in [5.41, 5.74) is 2.94. The van der Waals surface area contributed by atoms with Gasteiger partial charge < -0.3 is 15.0 Å². The summed E-state index contributed by atoms with van der Waals surface area (Å²) in [6, 6.07) is 8.79. The van der Waals surface area contributed by atoms with Crippen LogP contribution in [0, 0.1) is 0 Å². The van der Waals surface area contributed by atoms with E-state index in [4.69, 9.17) is 4.74 Å². The van der Waals surface area contributed by atoms with E-state index in [0.29, 0.717) is 0 Å². The van der Waals surface area contributed by atoms with E-state index >= 15 is 0 Å². The van der Waals surface area contributed by atoms with Crippen LogP contribution in [-0.4, -0.2) is 56.4 Å². The summed E-state index contributed by atoms with van der Waals surface area (Å²) in [6.45, 7) is 12.7. The molecule has 0 bridgehead atoms. The highest BCUT2D eigenvalue weighted by atomic mass is 16.5. The van der Waals surface area contributed by atoms with Crippen molar-refractivity contribution in [1.82, 2.24) is 10.2 Å². The molecule has 0 radical (unpaired) electrons. The van der Waals surface area contributed by atoms with E-state index in [0.717, 1.165) is 52.5 Å². The highest BCUT2D eigenvalue weighted by Crippen LogP contribution is 2.26. The van der Waals surface area contributed by atoms with E-state index in [2.05, 4.69) is 53.2 Å². The molecule has 116 valence electrons. The highest BCUT2D eigenvalue weighted by molar-refractivity contribution is 5.55. The van der Waals surface area contributed by atoms with Crippen LogP contribution in [0.1, 0.15) is 19.4 Å². The van der Waals surface area contributed by atoms with Crippen LogP contribution in [0.3, 0.4) is 0 Å². The monoisotopic (exact) mass is 289 g/mol. The molecule has 2 heterocycles. The van der Waals surface area contributed by atoms with Crippen molar-refractivity contribution >= 4 is 5.69 Å². The van der Waals surface area contributed by atoms with Crippen molar-refractivity contribution < 1.29 is 4.74 Å². The fourth-order valence-corrected chi connectivity index (χ4v) is 3.21. The summed E-state index contributed by atoms with van der Waals surface area (Å²) < 4.78 is 5.44. The van der Waals surface area contributed by atoms with Gasteiger partial charge in [0.25, 0.3) is 0 Å². The number of nitrogens with one attached hydrogen (secondary N) is 1. The Morgan fingerprint density at radius 2 is 1.90 bits per heavy atom. The third-order valence-corrected chi connectivity index (χ3v) is 4.47. The molecule has 4 nitrogen and oxygen atoms in total. The van der Waals surface area contributed by atoms with Crippen molar-refractivity contribution in [2.24, 2.45) is 0 Å². The Hall–Kier alpha value is -1.10. The van der Waals surface area contributed by atoms with Gasteiger partial charge in [0.1, 0.15) is 0 Å². The van der Waals surface area contributed by atoms with E-state index in [-0.39, 0.29) is 5.54 Å². The van der Waals surface area contributed by atoms with Gasteiger partial charge in [0.05, 0.1) is 13.2 Å². The number of ether oxygens (including phenoxy) is 1. The van der Waals surface area contributed by atoms with Crippen LogP contribution in [0.4, 0.5) is 5.69 Å². The van der Waals surface area contributed by atoms with Crippen LogP contribution in [0.15, 0.2) is 24.3 Å². The van der Waals surface area contributed by atoms with Crippen LogP contribution in [0.2, 0.25) is 0 Å². The largest absolute Gasteiger partial charge is 0.379 e. The first-order valence-electron chi connectivity index (χ1n) is 8.02. The summed E-state index contributed by atoms with van der Waals surface area (Å²) in [6.07, 6.45) is 0. The Labute approximate surface area is 128 Å². The molecule has 3 rings (SSSR count). The lowest BCUT2D eigenvalue weighted by Gasteiger charge is -2.34. The standard InChI is InChI=1S/C17H27N3O/c1-17(2)14-20(8-7-19-9-11-21-12-10-19)16-6-4-3-5-15(16)13-18-17/h3-6,18H,7-14H2,1-2H3. The fourth-order valence-electron chi connectivity index (χ4n) is 3.21. The van der Waals surface area contributed by atoms with Crippen molar-refractivity contribution in [2.45, 2.75) is 25.9 Å². The van der Waals surface area contributed by atoms with Crippen molar-refractivity contribution in [3.8, 4) is 0 Å². The first kappa shape index (κ1) is 14.8. The third kappa shape index (κ3) is 3.76. The summed E-state index contributed by atoms with van der Waals surface area (Å²) >= 11 is 0. The maximum atomic E-state index is 5.44. The van der Waals surface area contributed by atoms with Gasteiger partial charge in [-0.25, -0.2) is 0 Å². The molecule has 0 aliphatic carbocycles. The lowest BCUT2D eigenvalue weighted by atomic mass is 10.1. The molecule has 0 aromatic heterocycles. The Morgan fingerprint density at radius 3 is 2.71 bits per heavy atom. The maximum Gasteiger partial charge on any atom is 0.0594 e. The van der Waals surface area contributed by atoms with Crippen LogP contribution in [0.25, 0.3) is 0 Å². The predicted octanol–water partition coefficient (Wildman–Crippen LogP) is 1.71. The second kappa shape index (κ2) is 6.34. The maximum absolute atomic E-state index is 5.44. The van der Waals surface area contributed by atoms with E-state index in [1.807, 2.05) is 0 Å². The zero-order valence-electron chi connectivity index (χ0n) is 13.3. The first-order valence-corrected chi connectivity index (χ1v) is 8.02. The van der Waals surface area contributed by atoms with E-state index in [1.54, 1.807) is 0 Å². The van der Waals surface area contributed by atoms with E-state index in [1.165, 1.54) is 11.3 Å². The molecule has 0 spiro atoms. The van der Waals surface area contributed by atoms with Gasteiger partial charge in [0.2, 0.25) is 0 Å². The summed E-state index contributed by atoms with van der Waals surface area (Å²) in [5.74, 6) is 0. The molecule has 0 amide bonds. The molecule has 21 heavy (non-hydrogen) atoms. The van der Waals surface area contributed by atoms with Crippen molar-refractivity contribution in [3.05, 3.63) is 29.8 Å². The van der Waals surface area contributed by atoms with Crippen LogP contribution >= 0.6 is 0 Å². The first-order chi connectivity index (χ1) is 10.1. The third-order valence-electron chi connectivity index (χ3n) is 4.47. The zero-order chi connectivity index (χ0) is 14.7. The van der Waals surface area contributed by atoms with Gasteiger partial charge in [-0.05, 0) is 25.5 Å². The molecular formula is C17H27N3O. The number of hydrogen-bond donors (Lipinski definition) is 1. The number of hydrogen-bond acceptors (Lipinski definition) is 4. The fraction of sp³-hybridized carbons (Fsp3) is 0.647. The van der Waals surface area contributed by atoms with E-state index in [9.17, 15) is 0 Å². The molecule has 0 unspecified atom stereocenters. The smallest absolute Gasteiger partial charge is 0.0594 e. The lowest BCUT2D eigenvalue weighted by molar-refractivity contribution is 0.0391. The van der Waals surface area contributed by atoms with Crippen LogP contribution in [-0.2, 0) is 11.3 Å². The highest BCUT2D eigenvalue weighted by Gasteiger charge is 2.26. The van der Waals surface area contributed by atoms with Gasteiger partial charge in [-0.2, -0.15) is 0 Å². The number of rotatable bonds is 3. The summed E-state index contributed by atoms with van der Waals surface area (Å²) in [5, 5.41) is 3.67. The molecule has 0 atom stereocenters. The van der Waals surface area contributed by atoms with Gasteiger partial charge >= 0.3 is 0 Å². The molecule has 4 heteroatoms. The molecule has 1 aromatic rings. The zero-order valence-corrected chi connectivity index (χ0v) is 13.3. The average Bonchev–Trinajstić information content (AvgIpc) is 2.63. The lowest BCUT2D eigenvalue weighted by Crippen LogP contribution is -2.49. The van der Waals surface area contributed by atoms with Gasteiger partial charge in [-0.1, -0.05) is 18.2 Å². The van der Waals surface area contributed by atoms with Gasteiger partial charge in [-0.15, -0.1) is 0 Å². The van der Waals surface area contributed by atoms with Crippen molar-refractivity contribution in [2.75, 3.05) is 50.8 Å². The average molecular weight is 289 g/mol. The molecule has 1 N–H and O–H groups in total. The second-order valence-electron chi connectivity index (χ2n) is 6.74. The van der Waals surface area contributed by atoms with Gasteiger partial charge in [-0.3, -0.25) is 4.90 Å². The molecule has 2 aliphatic heterocycles. The SMILES string of the molecule is CC1(C)CN(CCN2CCOCC2)c2ccccc2CN1. The number of anilines is 1. The number of nitrogens with zero attached hydrogens (tertiary/aromatic N) is 2. The minimum absolute atomic E-state index is 0.143. The number of para-hydroxylation sites is 1. The molecule has 0 saturated carbocycles. The molecule has 1 saturated heterocycles. The number of fused-ring (bicyclic) bond motifs is 1. The molecule has 1 aromatic carbocycles. The quantitative estimate of drug-likeness (QED) is 0.917. The second-order valence-corrected chi connectivity index (χ2v) is 6.74. The normalized spacial score (nSPS) is 22.7. The minimum Gasteiger partial charge on any atom is -0.379 e. The summed E-state index contributed by atoms with van der Waals surface area (Å²) in [7, 11) is 0. The predicted molar refractivity (Wildman–Crippen MR) is 86.8 cm³/mol. The Balaban J connectivity index is 1.71. The Morgan fingerprint density at radius 1 is 1.14 bits per heavy atom. The number of morpholine rings is 1. The molecule has 1 fully saturated rings. The topological polar surface area (TPSA) is 27.7 Å².